The molecule has 1 fully saturated rings. The minimum atomic E-state index is 0.243. The molecule has 0 bridgehead atoms. The van der Waals surface area contributed by atoms with Crippen LogP contribution in [0.4, 0.5) is 0 Å². The van der Waals surface area contributed by atoms with Gasteiger partial charge in [0, 0.05) is 6.54 Å². The Labute approximate surface area is 130 Å². The van der Waals surface area contributed by atoms with Crippen LogP contribution < -0.4 is 0 Å². The molecular weight excluding hydrogens is 254 g/mol. The molecule has 0 aromatic heterocycles. The minimum absolute atomic E-state index is 0.243. The van der Waals surface area contributed by atoms with Crippen molar-refractivity contribution in [2.24, 2.45) is 0 Å². The van der Waals surface area contributed by atoms with Gasteiger partial charge in [-0.2, -0.15) is 0 Å². The first-order chi connectivity index (χ1) is 10.0. The Balaban J connectivity index is 1.78. The summed E-state index contributed by atoms with van der Waals surface area (Å²) in [5.41, 5.74) is 6.34. The van der Waals surface area contributed by atoms with Gasteiger partial charge >= 0.3 is 0 Å². The smallest absolute Gasteiger partial charge is 0.0196 e. The molecule has 1 heterocycles. The molecular formula is C20H29N. The van der Waals surface area contributed by atoms with E-state index in [1.807, 2.05) is 0 Å². The van der Waals surface area contributed by atoms with Crippen molar-refractivity contribution in [1.29, 1.82) is 0 Å². The molecule has 114 valence electrons. The maximum absolute atomic E-state index is 2.65. The quantitative estimate of drug-likeness (QED) is 0.753. The summed E-state index contributed by atoms with van der Waals surface area (Å²) in [5.74, 6) is 0. The molecule has 21 heavy (non-hydrogen) atoms. The van der Waals surface area contributed by atoms with Crippen LogP contribution in [0.3, 0.4) is 0 Å². The Morgan fingerprint density at radius 3 is 2.48 bits per heavy atom. The molecule has 0 saturated carbocycles. The summed E-state index contributed by atoms with van der Waals surface area (Å²) in [4.78, 5) is 2.65. The van der Waals surface area contributed by atoms with E-state index in [2.05, 4.69) is 49.9 Å². The number of aryl methyl sites for hydroxylation is 1. The first-order valence-electron chi connectivity index (χ1n) is 8.57. The van der Waals surface area contributed by atoms with Gasteiger partial charge in [0.15, 0.2) is 0 Å². The SMILES string of the molecule is CC(C)(C)c1ccc2c(c1)C=C(CN1CCCCC1)CC2. The van der Waals surface area contributed by atoms with Crippen molar-refractivity contribution < 1.29 is 0 Å². The lowest BCUT2D eigenvalue weighted by atomic mass is 9.82. The second-order valence-corrected chi connectivity index (χ2v) is 7.80. The third-order valence-electron chi connectivity index (χ3n) is 4.96. The zero-order valence-electron chi connectivity index (χ0n) is 13.9. The number of benzene rings is 1. The van der Waals surface area contributed by atoms with Crippen LogP contribution in [0.25, 0.3) is 6.08 Å². The minimum Gasteiger partial charge on any atom is -0.299 e. The van der Waals surface area contributed by atoms with Crippen molar-refractivity contribution in [3.63, 3.8) is 0 Å². The lowest BCUT2D eigenvalue weighted by Gasteiger charge is -2.29. The Hall–Kier alpha value is -1.08. The fraction of sp³-hybridized carbons (Fsp3) is 0.600. The first kappa shape index (κ1) is 14.8. The highest BCUT2D eigenvalue weighted by Gasteiger charge is 2.18. The van der Waals surface area contributed by atoms with Gasteiger partial charge in [0.25, 0.3) is 0 Å². The lowest BCUT2D eigenvalue weighted by molar-refractivity contribution is 0.245. The summed E-state index contributed by atoms with van der Waals surface area (Å²) in [6.07, 6.45) is 9.14. The fourth-order valence-corrected chi connectivity index (χ4v) is 3.54. The van der Waals surface area contributed by atoms with E-state index in [0.29, 0.717) is 0 Å². The third-order valence-corrected chi connectivity index (χ3v) is 4.96. The number of likely N-dealkylation sites (tertiary alicyclic amines) is 1. The average Bonchev–Trinajstić information content (AvgIpc) is 2.46. The van der Waals surface area contributed by atoms with Gasteiger partial charge in [0.1, 0.15) is 0 Å². The third kappa shape index (κ3) is 3.58. The van der Waals surface area contributed by atoms with Gasteiger partial charge in [-0.3, -0.25) is 4.90 Å². The van der Waals surface area contributed by atoms with Crippen LogP contribution in [0.2, 0.25) is 0 Å². The second-order valence-electron chi connectivity index (χ2n) is 7.80. The van der Waals surface area contributed by atoms with Crippen molar-refractivity contribution in [2.45, 2.75) is 58.3 Å². The van der Waals surface area contributed by atoms with Crippen LogP contribution in [0.1, 0.15) is 63.1 Å². The molecule has 0 N–H and O–H groups in total. The Morgan fingerprint density at radius 2 is 1.76 bits per heavy atom. The number of piperidine rings is 1. The van der Waals surface area contributed by atoms with E-state index in [-0.39, 0.29) is 5.41 Å². The second kappa shape index (κ2) is 5.96. The number of fused-ring (bicyclic) bond motifs is 1. The molecule has 0 atom stereocenters. The topological polar surface area (TPSA) is 3.24 Å². The molecule has 0 radical (unpaired) electrons. The molecule has 1 aliphatic carbocycles. The molecule has 1 heteroatoms. The van der Waals surface area contributed by atoms with E-state index in [1.165, 1.54) is 68.4 Å². The van der Waals surface area contributed by atoms with Crippen molar-refractivity contribution in [3.05, 3.63) is 40.5 Å². The molecule has 2 aliphatic rings. The molecule has 0 unspecified atom stereocenters. The van der Waals surface area contributed by atoms with E-state index in [1.54, 1.807) is 5.57 Å². The summed E-state index contributed by atoms with van der Waals surface area (Å²) in [6, 6.07) is 7.09. The first-order valence-corrected chi connectivity index (χ1v) is 8.57. The van der Waals surface area contributed by atoms with Gasteiger partial charge in [0.05, 0.1) is 0 Å². The van der Waals surface area contributed by atoms with E-state index in [0.717, 1.165) is 0 Å². The number of rotatable bonds is 2. The van der Waals surface area contributed by atoms with Gasteiger partial charge in [-0.25, -0.2) is 0 Å². The Morgan fingerprint density at radius 1 is 1.00 bits per heavy atom. The van der Waals surface area contributed by atoms with Crippen LogP contribution in [0.5, 0.6) is 0 Å². The van der Waals surface area contributed by atoms with Crippen molar-refractivity contribution >= 4 is 6.08 Å². The predicted molar refractivity (Wildman–Crippen MR) is 91.7 cm³/mol. The summed E-state index contributed by atoms with van der Waals surface area (Å²) in [6.45, 7) is 10.7. The molecule has 1 aliphatic heterocycles. The van der Waals surface area contributed by atoms with Gasteiger partial charge in [-0.15, -0.1) is 0 Å². The summed E-state index contributed by atoms with van der Waals surface area (Å²) in [7, 11) is 0. The van der Waals surface area contributed by atoms with Crippen LogP contribution in [0, 0.1) is 0 Å². The van der Waals surface area contributed by atoms with Gasteiger partial charge < -0.3 is 0 Å². The highest BCUT2D eigenvalue weighted by molar-refractivity contribution is 5.61. The molecule has 0 amide bonds. The predicted octanol–water partition coefficient (Wildman–Crippen LogP) is 4.80. The maximum atomic E-state index is 2.65. The standard InChI is InChI=1S/C20H29N/c1-20(2,3)19-10-9-17-8-7-16(13-18(17)14-19)15-21-11-5-4-6-12-21/h9-10,13-14H,4-8,11-12,15H2,1-3H3. The normalized spacial score (nSPS) is 20.0. The Bertz CT molecular complexity index is 527. The van der Waals surface area contributed by atoms with Gasteiger partial charge in [-0.05, 0) is 60.9 Å². The zero-order valence-corrected chi connectivity index (χ0v) is 13.9. The van der Waals surface area contributed by atoms with Crippen molar-refractivity contribution in [3.8, 4) is 0 Å². The van der Waals surface area contributed by atoms with Crippen LogP contribution >= 0.6 is 0 Å². The largest absolute Gasteiger partial charge is 0.299 e. The number of hydrogen-bond acceptors (Lipinski definition) is 1. The summed E-state index contributed by atoms with van der Waals surface area (Å²) in [5, 5.41) is 0. The fourth-order valence-electron chi connectivity index (χ4n) is 3.54. The molecule has 1 saturated heterocycles. The number of hydrogen-bond donors (Lipinski definition) is 0. The van der Waals surface area contributed by atoms with E-state index in [4.69, 9.17) is 0 Å². The molecule has 1 nitrogen and oxygen atoms in total. The van der Waals surface area contributed by atoms with Crippen LogP contribution in [-0.4, -0.2) is 24.5 Å². The van der Waals surface area contributed by atoms with Crippen molar-refractivity contribution in [2.75, 3.05) is 19.6 Å². The number of nitrogens with zero attached hydrogens (tertiary/aromatic N) is 1. The van der Waals surface area contributed by atoms with E-state index in [9.17, 15) is 0 Å². The molecule has 3 rings (SSSR count). The van der Waals surface area contributed by atoms with Crippen LogP contribution in [-0.2, 0) is 11.8 Å². The average molecular weight is 283 g/mol. The van der Waals surface area contributed by atoms with Gasteiger partial charge in [0.2, 0.25) is 0 Å². The van der Waals surface area contributed by atoms with E-state index < -0.39 is 0 Å². The highest BCUT2D eigenvalue weighted by Crippen LogP contribution is 2.30. The highest BCUT2D eigenvalue weighted by atomic mass is 15.1. The van der Waals surface area contributed by atoms with Crippen LogP contribution in [0.15, 0.2) is 23.8 Å². The maximum Gasteiger partial charge on any atom is 0.0196 e. The summed E-state index contributed by atoms with van der Waals surface area (Å²) < 4.78 is 0. The van der Waals surface area contributed by atoms with Gasteiger partial charge in [-0.1, -0.05) is 57.0 Å². The van der Waals surface area contributed by atoms with Crippen molar-refractivity contribution in [1.82, 2.24) is 4.90 Å². The Kier molecular flexibility index (Phi) is 4.21. The molecule has 1 aromatic rings. The lowest BCUT2D eigenvalue weighted by Crippen LogP contribution is -2.31. The zero-order chi connectivity index (χ0) is 14.9. The summed E-state index contributed by atoms with van der Waals surface area (Å²) >= 11 is 0. The monoisotopic (exact) mass is 283 g/mol. The van der Waals surface area contributed by atoms with E-state index >= 15 is 0 Å². The molecule has 1 aromatic carbocycles. The molecule has 0 spiro atoms.